The van der Waals surface area contributed by atoms with Gasteiger partial charge in [-0.25, -0.2) is 4.79 Å². The summed E-state index contributed by atoms with van der Waals surface area (Å²) in [7, 11) is 1.56. The van der Waals surface area contributed by atoms with Gasteiger partial charge in [-0.3, -0.25) is 4.79 Å². The van der Waals surface area contributed by atoms with E-state index in [4.69, 9.17) is 23.7 Å². The van der Waals surface area contributed by atoms with E-state index in [1.54, 1.807) is 13.2 Å². The van der Waals surface area contributed by atoms with Crippen LogP contribution in [0.4, 0.5) is 0 Å². The van der Waals surface area contributed by atoms with Gasteiger partial charge in [-0.05, 0) is 39.0 Å². The number of benzene rings is 2. The van der Waals surface area contributed by atoms with Crippen molar-refractivity contribution in [2.24, 2.45) is 0 Å². The molecule has 0 fully saturated rings. The van der Waals surface area contributed by atoms with Gasteiger partial charge in [-0.1, -0.05) is 18.2 Å². The summed E-state index contributed by atoms with van der Waals surface area (Å²) in [6.45, 7) is 6.51. The number of esters is 1. The van der Waals surface area contributed by atoms with Crippen LogP contribution in [0.5, 0.6) is 23.0 Å². The lowest BCUT2D eigenvalue weighted by Crippen LogP contribution is -2.28. The third kappa shape index (κ3) is 6.80. The molecule has 0 aliphatic carbocycles. The van der Waals surface area contributed by atoms with E-state index < -0.39 is 18.5 Å². The van der Waals surface area contributed by atoms with Crippen LogP contribution in [0.1, 0.15) is 36.7 Å². The Morgan fingerprint density at radius 1 is 0.871 bits per heavy atom. The first-order valence-corrected chi connectivity index (χ1v) is 10.2. The molecule has 168 valence electrons. The van der Waals surface area contributed by atoms with Crippen molar-refractivity contribution in [2.45, 2.75) is 27.3 Å². The molecule has 0 spiro atoms. The van der Waals surface area contributed by atoms with E-state index in [-0.39, 0.29) is 12.1 Å². The van der Waals surface area contributed by atoms with E-state index in [1.807, 2.05) is 39.0 Å². The number of nitrogens with one attached hydrogen (secondary N) is 1. The van der Waals surface area contributed by atoms with Crippen LogP contribution >= 0.6 is 0 Å². The number of amides is 1. The van der Waals surface area contributed by atoms with Crippen molar-refractivity contribution in [3.8, 4) is 23.0 Å². The lowest BCUT2D eigenvalue weighted by Gasteiger charge is -2.16. The van der Waals surface area contributed by atoms with Gasteiger partial charge in [0.2, 0.25) is 5.75 Å². The smallest absolute Gasteiger partial charge is 0.338 e. The van der Waals surface area contributed by atoms with Crippen LogP contribution < -0.4 is 24.3 Å². The normalized spacial score (nSPS) is 10.2. The Morgan fingerprint density at radius 2 is 1.48 bits per heavy atom. The zero-order valence-corrected chi connectivity index (χ0v) is 18.4. The van der Waals surface area contributed by atoms with E-state index in [9.17, 15) is 9.59 Å². The van der Waals surface area contributed by atoms with Gasteiger partial charge in [-0.2, -0.15) is 0 Å². The quantitative estimate of drug-likeness (QED) is 0.515. The molecule has 0 saturated heterocycles. The van der Waals surface area contributed by atoms with E-state index in [0.717, 1.165) is 5.56 Å². The number of carbonyl (C=O) groups is 2. The van der Waals surface area contributed by atoms with Gasteiger partial charge >= 0.3 is 5.97 Å². The Labute approximate surface area is 182 Å². The Kier molecular flexibility index (Phi) is 9.48. The first kappa shape index (κ1) is 23.9. The standard InChI is InChI=1S/C23H29NO7/c1-5-28-19-12-17(13-20(29-6-2)22(19)30-7-3)23(26)31-15-21(25)24-14-16-10-8-9-11-18(16)27-4/h8-13H,5-7,14-15H2,1-4H3,(H,24,25). The van der Waals surface area contributed by atoms with Crippen LogP contribution in [-0.2, 0) is 16.1 Å². The number of carbonyl (C=O) groups excluding carboxylic acids is 2. The molecular formula is C23H29NO7. The Hall–Kier alpha value is -3.42. The number of para-hydroxylation sites is 1. The predicted molar refractivity (Wildman–Crippen MR) is 115 cm³/mol. The molecule has 0 heterocycles. The van der Waals surface area contributed by atoms with E-state index in [2.05, 4.69) is 5.32 Å². The maximum absolute atomic E-state index is 12.5. The van der Waals surface area contributed by atoms with Gasteiger partial charge in [0.1, 0.15) is 5.75 Å². The first-order valence-electron chi connectivity index (χ1n) is 10.2. The number of hydrogen-bond donors (Lipinski definition) is 1. The largest absolute Gasteiger partial charge is 0.496 e. The molecular weight excluding hydrogens is 402 g/mol. The summed E-state index contributed by atoms with van der Waals surface area (Å²) in [5, 5.41) is 2.70. The van der Waals surface area contributed by atoms with Gasteiger partial charge in [0.25, 0.3) is 5.91 Å². The Balaban J connectivity index is 2.04. The second kappa shape index (κ2) is 12.3. The van der Waals surface area contributed by atoms with Crippen LogP contribution in [-0.4, -0.2) is 45.4 Å². The maximum atomic E-state index is 12.5. The average molecular weight is 431 g/mol. The lowest BCUT2D eigenvalue weighted by molar-refractivity contribution is -0.124. The van der Waals surface area contributed by atoms with E-state index in [1.165, 1.54) is 12.1 Å². The first-order chi connectivity index (χ1) is 15.0. The SMILES string of the molecule is CCOc1cc(C(=O)OCC(=O)NCc2ccccc2OC)cc(OCC)c1OCC. The second-order valence-electron chi connectivity index (χ2n) is 6.27. The molecule has 2 aromatic carbocycles. The fraction of sp³-hybridized carbons (Fsp3) is 0.391. The fourth-order valence-electron chi connectivity index (χ4n) is 2.81. The summed E-state index contributed by atoms with van der Waals surface area (Å²) in [6, 6.07) is 10.4. The monoisotopic (exact) mass is 431 g/mol. The van der Waals surface area contributed by atoms with E-state index >= 15 is 0 Å². The van der Waals surface area contributed by atoms with Crippen LogP contribution in [0.2, 0.25) is 0 Å². The molecule has 2 aromatic rings. The molecule has 8 nitrogen and oxygen atoms in total. The molecule has 1 N–H and O–H groups in total. The third-order valence-corrected chi connectivity index (χ3v) is 4.15. The summed E-state index contributed by atoms with van der Waals surface area (Å²) in [6.07, 6.45) is 0. The van der Waals surface area contributed by atoms with Crippen molar-refractivity contribution in [3.05, 3.63) is 47.5 Å². The number of hydrogen-bond acceptors (Lipinski definition) is 7. The van der Waals surface area contributed by atoms with Gasteiger partial charge in [0.15, 0.2) is 18.1 Å². The van der Waals surface area contributed by atoms with Crippen molar-refractivity contribution < 1.29 is 33.3 Å². The zero-order valence-electron chi connectivity index (χ0n) is 18.4. The summed E-state index contributed by atoms with van der Waals surface area (Å²) in [5.41, 5.74) is 1.02. The van der Waals surface area contributed by atoms with Gasteiger partial charge < -0.3 is 29.0 Å². The molecule has 8 heteroatoms. The van der Waals surface area contributed by atoms with Gasteiger partial charge in [-0.15, -0.1) is 0 Å². The molecule has 31 heavy (non-hydrogen) atoms. The van der Waals surface area contributed by atoms with Crippen molar-refractivity contribution in [3.63, 3.8) is 0 Å². The highest BCUT2D eigenvalue weighted by atomic mass is 16.5. The Bertz CT molecular complexity index is 855. The van der Waals surface area contributed by atoms with Crippen molar-refractivity contribution in [1.82, 2.24) is 5.32 Å². The van der Waals surface area contributed by atoms with Crippen molar-refractivity contribution in [1.29, 1.82) is 0 Å². The third-order valence-electron chi connectivity index (χ3n) is 4.15. The number of rotatable bonds is 12. The second-order valence-corrected chi connectivity index (χ2v) is 6.27. The molecule has 0 aliphatic heterocycles. The molecule has 0 unspecified atom stereocenters. The molecule has 0 radical (unpaired) electrons. The molecule has 2 rings (SSSR count). The minimum atomic E-state index is -0.669. The van der Waals surface area contributed by atoms with Crippen molar-refractivity contribution in [2.75, 3.05) is 33.5 Å². The highest BCUT2D eigenvalue weighted by Crippen LogP contribution is 2.39. The summed E-state index contributed by atoms with van der Waals surface area (Å²) < 4.78 is 27.2. The van der Waals surface area contributed by atoms with Crippen LogP contribution in [0, 0.1) is 0 Å². The molecule has 0 saturated carbocycles. The molecule has 1 amide bonds. The molecule has 0 aliphatic rings. The Morgan fingerprint density at radius 3 is 2.06 bits per heavy atom. The lowest BCUT2D eigenvalue weighted by atomic mass is 10.2. The number of ether oxygens (including phenoxy) is 5. The molecule has 0 bridgehead atoms. The fourth-order valence-corrected chi connectivity index (χ4v) is 2.81. The van der Waals surface area contributed by atoms with Crippen LogP contribution in [0.3, 0.4) is 0 Å². The van der Waals surface area contributed by atoms with Crippen molar-refractivity contribution >= 4 is 11.9 Å². The topological polar surface area (TPSA) is 92.3 Å². The van der Waals surface area contributed by atoms with E-state index in [0.29, 0.717) is 42.8 Å². The van der Waals surface area contributed by atoms with Crippen LogP contribution in [0.15, 0.2) is 36.4 Å². The molecule has 0 aromatic heterocycles. The highest BCUT2D eigenvalue weighted by molar-refractivity contribution is 5.92. The predicted octanol–water partition coefficient (Wildman–Crippen LogP) is 3.36. The maximum Gasteiger partial charge on any atom is 0.338 e. The summed E-state index contributed by atoms with van der Waals surface area (Å²) in [4.78, 5) is 24.7. The summed E-state index contributed by atoms with van der Waals surface area (Å²) >= 11 is 0. The zero-order chi connectivity index (χ0) is 22.6. The minimum absolute atomic E-state index is 0.202. The highest BCUT2D eigenvalue weighted by Gasteiger charge is 2.20. The molecule has 0 atom stereocenters. The average Bonchev–Trinajstić information content (AvgIpc) is 2.78. The minimum Gasteiger partial charge on any atom is -0.496 e. The van der Waals surface area contributed by atoms with Crippen LogP contribution in [0.25, 0.3) is 0 Å². The van der Waals surface area contributed by atoms with Gasteiger partial charge in [0.05, 0.1) is 32.5 Å². The number of methoxy groups -OCH3 is 1. The summed E-state index contributed by atoms with van der Waals surface area (Å²) in [5.74, 6) is 0.752. The van der Waals surface area contributed by atoms with Gasteiger partial charge in [0, 0.05) is 12.1 Å².